The van der Waals surface area contributed by atoms with Gasteiger partial charge in [-0.15, -0.1) is 0 Å². The fraction of sp³-hybridized carbons (Fsp3) is 0.364. The van der Waals surface area contributed by atoms with Gasteiger partial charge in [0.05, 0.1) is 7.11 Å². The average molecular weight is 208 g/mol. The van der Waals surface area contributed by atoms with Gasteiger partial charge in [-0.25, -0.2) is 0 Å². The molecule has 15 heavy (non-hydrogen) atoms. The quantitative estimate of drug-likeness (QED) is 0.782. The highest BCUT2D eigenvalue weighted by Crippen LogP contribution is 2.15. The maximum Gasteiger partial charge on any atom is 0.241 e. The number of likely N-dealkylation sites (N-methyl/N-ethyl adjacent to an activating group) is 1. The van der Waals surface area contributed by atoms with Crippen molar-refractivity contribution in [2.45, 2.75) is 13.0 Å². The van der Waals surface area contributed by atoms with E-state index in [-0.39, 0.29) is 11.9 Å². The third-order valence-electron chi connectivity index (χ3n) is 2.11. The number of amides is 1. The monoisotopic (exact) mass is 208 g/mol. The Bertz CT molecular complexity index is 322. The molecule has 1 atom stereocenters. The van der Waals surface area contributed by atoms with Crippen molar-refractivity contribution in [2.24, 2.45) is 0 Å². The van der Waals surface area contributed by atoms with E-state index in [0.29, 0.717) is 0 Å². The molecule has 0 saturated heterocycles. The molecule has 4 nitrogen and oxygen atoms in total. The van der Waals surface area contributed by atoms with Crippen molar-refractivity contribution in [3.05, 3.63) is 24.3 Å². The summed E-state index contributed by atoms with van der Waals surface area (Å²) in [6, 6.07) is 7.19. The molecule has 0 fully saturated rings. The van der Waals surface area contributed by atoms with Gasteiger partial charge in [-0.2, -0.15) is 0 Å². The Morgan fingerprint density at radius 2 is 1.93 bits per heavy atom. The van der Waals surface area contributed by atoms with Crippen molar-refractivity contribution in [1.29, 1.82) is 0 Å². The molecular weight excluding hydrogens is 192 g/mol. The Morgan fingerprint density at radius 1 is 1.33 bits per heavy atom. The van der Waals surface area contributed by atoms with E-state index in [1.165, 1.54) is 0 Å². The van der Waals surface area contributed by atoms with Gasteiger partial charge >= 0.3 is 0 Å². The molecule has 1 unspecified atom stereocenters. The molecule has 0 aliphatic heterocycles. The summed E-state index contributed by atoms with van der Waals surface area (Å²) in [5, 5.41) is 5.66. The first-order valence-corrected chi connectivity index (χ1v) is 4.79. The van der Waals surface area contributed by atoms with Gasteiger partial charge < -0.3 is 15.4 Å². The van der Waals surface area contributed by atoms with Crippen molar-refractivity contribution in [3.8, 4) is 5.75 Å². The van der Waals surface area contributed by atoms with E-state index in [1.54, 1.807) is 14.2 Å². The third kappa shape index (κ3) is 3.16. The van der Waals surface area contributed by atoms with Crippen molar-refractivity contribution in [3.63, 3.8) is 0 Å². The zero-order chi connectivity index (χ0) is 11.3. The molecule has 0 aliphatic carbocycles. The van der Waals surface area contributed by atoms with E-state index in [4.69, 9.17) is 4.74 Å². The first-order chi connectivity index (χ1) is 7.17. The highest BCUT2D eigenvalue weighted by molar-refractivity contribution is 5.83. The van der Waals surface area contributed by atoms with Gasteiger partial charge in [0.15, 0.2) is 0 Å². The topological polar surface area (TPSA) is 50.4 Å². The molecule has 1 rings (SSSR count). The van der Waals surface area contributed by atoms with Gasteiger partial charge in [0.2, 0.25) is 5.91 Å². The lowest BCUT2D eigenvalue weighted by Crippen LogP contribution is -2.35. The lowest BCUT2D eigenvalue weighted by atomic mass is 10.2. The molecule has 0 spiro atoms. The van der Waals surface area contributed by atoms with Gasteiger partial charge in [0, 0.05) is 12.7 Å². The maximum atomic E-state index is 11.2. The van der Waals surface area contributed by atoms with Crippen LogP contribution in [0.4, 0.5) is 5.69 Å². The third-order valence-corrected chi connectivity index (χ3v) is 2.11. The van der Waals surface area contributed by atoms with Crippen LogP contribution in [0.25, 0.3) is 0 Å². The predicted molar refractivity (Wildman–Crippen MR) is 60.1 cm³/mol. The number of hydrogen-bond acceptors (Lipinski definition) is 3. The van der Waals surface area contributed by atoms with Crippen LogP contribution < -0.4 is 15.4 Å². The Balaban J connectivity index is 2.60. The van der Waals surface area contributed by atoms with Crippen LogP contribution in [0.1, 0.15) is 6.92 Å². The number of rotatable bonds is 4. The van der Waals surface area contributed by atoms with E-state index in [9.17, 15) is 4.79 Å². The molecule has 0 aliphatic rings. The van der Waals surface area contributed by atoms with Crippen molar-refractivity contribution in [1.82, 2.24) is 5.32 Å². The molecule has 82 valence electrons. The second kappa shape index (κ2) is 5.24. The van der Waals surface area contributed by atoms with E-state index in [2.05, 4.69) is 10.6 Å². The molecular formula is C11H16N2O2. The Morgan fingerprint density at radius 3 is 2.40 bits per heavy atom. The van der Waals surface area contributed by atoms with Crippen LogP contribution in [0.2, 0.25) is 0 Å². The van der Waals surface area contributed by atoms with Crippen LogP contribution in [-0.4, -0.2) is 26.1 Å². The standard InChI is InChI=1S/C11H16N2O2/c1-8(11(14)12-2)13-9-4-6-10(15-3)7-5-9/h4-8,13H,1-3H3,(H,12,14). The number of carbonyl (C=O) groups excluding carboxylic acids is 1. The normalized spacial score (nSPS) is 11.7. The molecule has 2 N–H and O–H groups in total. The summed E-state index contributed by atoms with van der Waals surface area (Å²) < 4.78 is 5.04. The lowest BCUT2D eigenvalue weighted by molar-refractivity contribution is -0.121. The van der Waals surface area contributed by atoms with Gasteiger partial charge in [0.1, 0.15) is 11.8 Å². The second-order valence-corrected chi connectivity index (χ2v) is 3.21. The molecule has 0 saturated carbocycles. The SMILES string of the molecule is CNC(=O)C(C)Nc1ccc(OC)cc1. The lowest BCUT2D eigenvalue weighted by Gasteiger charge is -2.13. The summed E-state index contributed by atoms with van der Waals surface area (Å²) in [5.74, 6) is 0.763. The minimum absolute atomic E-state index is 0.0363. The fourth-order valence-corrected chi connectivity index (χ4v) is 1.22. The Kier molecular flexibility index (Phi) is 3.97. The van der Waals surface area contributed by atoms with E-state index in [1.807, 2.05) is 31.2 Å². The number of methoxy groups -OCH3 is 1. The number of hydrogen-bond donors (Lipinski definition) is 2. The summed E-state index contributed by atoms with van der Waals surface area (Å²) in [4.78, 5) is 11.2. The highest BCUT2D eigenvalue weighted by atomic mass is 16.5. The van der Waals surface area contributed by atoms with E-state index >= 15 is 0 Å². The zero-order valence-corrected chi connectivity index (χ0v) is 9.20. The van der Waals surface area contributed by atoms with Gasteiger partial charge in [-0.3, -0.25) is 4.79 Å². The van der Waals surface area contributed by atoms with Crippen molar-refractivity contribution >= 4 is 11.6 Å². The van der Waals surface area contributed by atoms with Crippen LogP contribution >= 0.6 is 0 Å². The number of benzene rings is 1. The summed E-state index contributed by atoms with van der Waals surface area (Å²) >= 11 is 0. The summed E-state index contributed by atoms with van der Waals surface area (Å²) in [5.41, 5.74) is 0.895. The molecule has 0 aromatic heterocycles. The number of nitrogens with one attached hydrogen (secondary N) is 2. The molecule has 1 aromatic carbocycles. The molecule has 1 amide bonds. The second-order valence-electron chi connectivity index (χ2n) is 3.21. The number of anilines is 1. The minimum atomic E-state index is -0.247. The largest absolute Gasteiger partial charge is 0.497 e. The molecule has 0 heterocycles. The average Bonchev–Trinajstić information content (AvgIpc) is 2.29. The first kappa shape index (κ1) is 11.4. The van der Waals surface area contributed by atoms with Crippen LogP contribution in [0.3, 0.4) is 0 Å². The van der Waals surface area contributed by atoms with E-state index in [0.717, 1.165) is 11.4 Å². The number of carbonyl (C=O) groups is 1. The summed E-state index contributed by atoms with van der Waals surface area (Å²) in [6.07, 6.45) is 0. The van der Waals surface area contributed by atoms with Crippen LogP contribution in [0, 0.1) is 0 Å². The Hall–Kier alpha value is -1.71. The van der Waals surface area contributed by atoms with Crippen LogP contribution in [0.5, 0.6) is 5.75 Å². The highest BCUT2D eigenvalue weighted by Gasteiger charge is 2.09. The van der Waals surface area contributed by atoms with E-state index < -0.39 is 0 Å². The van der Waals surface area contributed by atoms with Crippen molar-refractivity contribution in [2.75, 3.05) is 19.5 Å². The number of ether oxygens (including phenoxy) is 1. The molecule has 0 radical (unpaired) electrons. The molecule has 0 bridgehead atoms. The van der Waals surface area contributed by atoms with Crippen molar-refractivity contribution < 1.29 is 9.53 Å². The molecule has 4 heteroatoms. The minimum Gasteiger partial charge on any atom is -0.497 e. The summed E-state index contributed by atoms with van der Waals surface area (Å²) in [6.45, 7) is 1.81. The molecule has 1 aromatic rings. The maximum absolute atomic E-state index is 11.2. The fourth-order valence-electron chi connectivity index (χ4n) is 1.22. The van der Waals surface area contributed by atoms with Crippen LogP contribution in [0.15, 0.2) is 24.3 Å². The Labute approximate surface area is 89.6 Å². The van der Waals surface area contributed by atoms with Gasteiger partial charge in [0.25, 0.3) is 0 Å². The zero-order valence-electron chi connectivity index (χ0n) is 9.20. The van der Waals surface area contributed by atoms with Gasteiger partial charge in [-0.1, -0.05) is 0 Å². The summed E-state index contributed by atoms with van der Waals surface area (Å²) in [7, 11) is 3.24. The smallest absolute Gasteiger partial charge is 0.241 e. The van der Waals surface area contributed by atoms with Gasteiger partial charge in [-0.05, 0) is 31.2 Å². The first-order valence-electron chi connectivity index (χ1n) is 4.79. The van der Waals surface area contributed by atoms with Crippen LogP contribution in [-0.2, 0) is 4.79 Å². The predicted octanol–water partition coefficient (Wildman–Crippen LogP) is 1.24.